The van der Waals surface area contributed by atoms with E-state index in [2.05, 4.69) is 32.9 Å². The van der Waals surface area contributed by atoms with E-state index in [9.17, 15) is 13.2 Å². The number of alkyl halides is 3. The van der Waals surface area contributed by atoms with Gasteiger partial charge in [-0.3, -0.25) is 0 Å². The molecule has 1 aromatic rings. The van der Waals surface area contributed by atoms with Crippen LogP contribution in [0.4, 0.5) is 13.2 Å². The topological polar surface area (TPSA) is 21.3 Å². The first-order valence-corrected chi connectivity index (χ1v) is 7.90. The fourth-order valence-corrected chi connectivity index (χ4v) is 3.25. The molecule has 2 atom stereocenters. The fraction of sp³-hybridized carbons (Fsp3) is 0.600. The van der Waals surface area contributed by atoms with Crippen molar-refractivity contribution < 1.29 is 17.9 Å². The maximum Gasteiger partial charge on any atom is 0.573 e. The maximum atomic E-state index is 12.2. The van der Waals surface area contributed by atoms with Crippen LogP contribution in [0.5, 0.6) is 5.75 Å². The van der Waals surface area contributed by atoms with E-state index in [1.54, 1.807) is 12.1 Å². The molecule has 0 aliphatic heterocycles. The van der Waals surface area contributed by atoms with Gasteiger partial charge in [0.25, 0.3) is 0 Å². The van der Waals surface area contributed by atoms with Gasteiger partial charge in [-0.2, -0.15) is 0 Å². The summed E-state index contributed by atoms with van der Waals surface area (Å²) in [6.45, 7) is 2.91. The van der Waals surface area contributed by atoms with Crippen LogP contribution in [0.15, 0.2) is 22.7 Å². The van der Waals surface area contributed by atoms with Gasteiger partial charge in [0, 0.05) is 12.6 Å². The van der Waals surface area contributed by atoms with E-state index in [0.717, 1.165) is 17.9 Å². The predicted molar refractivity (Wildman–Crippen MR) is 79.1 cm³/mol. The highest BCUT2D eigenvalue weighted by Crippen LogP contribution is 2.31. The molecule has 1 fully saturated rings. The molecule has 0 aromatic heterocycles. The Labute approximate surface area is 131 Å². The number of ether oxygens (including phenoxy) is 1. The minimum absolute atomic E-state index is 0.211. The van der Waals surface area contributed by atoms with Gasteiger partial charge in [0.05, 0.1) is 4.47 Å². The summed E-state index contributed by atoms with van der Waals surface area (Å²) in [4.78, 5) is 0. The van der Waals surface area contributed by atoms with Crippen molar-refractivity contribution in [2.24, 2.45) is 5.92 Å². The molecule has 2 rings (SSSR count). The van der Waals surface area contributed by atoms with Gasteiger partial charge in [0.15, 0.2) is 0 Å². The van der Waals surface area contributed by atoms with Crippen molar-refractivity contribution in [1.29, 1.82) is 0 Å². The van der Waals surface area contributed by atoms with Crippen LogP contribution in [0.1, 0.15) is 38.2 Å². The van der Waals surface area contributed by atoms with Crippen molar-refractivity contribution >= 4 is 15.9 Å². The van der Waals surface area contributed by atoms with Gasteiger partial charge in [-0.25, -0.2) is 0 Å². The molecule has 1 N–H and O–H groups in total. The summed E-state index contributed by atoms with van der Waals surface area (Å²) in [6.07, 6.45) is 0.186. The summed E-state index contributed by atoms with van der Waals surface area (Å²) in [7, 11) is 0. The predicted octanol–water partition coefficient (Wildman–Crippen LogP) is 5.02. The number of hydrogen-bond donors (Lipinski definition) is 1. The van der Waals surface area contributed by atoms with Crippen LogP contribution in [0, 0.1) is 5.92 Å². The highest BCUT2D eigenvalue weighted by molar-refractivity contribution is 9.10. The van der Waals surface area contributed by atoms with Gasteiger partial charge in [0.2, 0.25) is 0 Å². The minimum atomic E-state index is -4.67. The number of halogens is 4. The summed E-state index contributed by atoms with van der Waals surface area (Å²) >= 11 is 3.12. The number of hydrogen-bond acceptors (Lipinski definition) is 2. The molecule has 1 aliphatic rings. The summed E-state index contributed by atoms with van der Waals surface area (Å²) in [5.74, 6) is 0.531. The van der Waals surface area contributed by atoms with Crippen LogP contribution in [0.3, 0.4) is 0 Å². The smallest absolute Gasteiger partial charge is 0.405 e. The summed E-state index contributed by atoms with van der Waals surface area (Å²) in [6, 6.07) is 5.17. The lowest BCUT2D eigenvalue weighted by atomic mass is 9.87. The van der Waals surface area contributed by atoms with Crippen LogP contribution in [0.2, 0.25) is 0 Å². The third kappa shape index (κ3) is 5.51. The van der Waals surface area contributed by atoms with Gasteiger partial charge in [-0.05, 0) is 52.4 Å². The molecule has 0 radical (unpaired) electrons. The number of benzene rings is 1. The van der Waals surface area contributed by atoms with Crippen LogP contribution in [-0.2, 0) is 6.54 Å². The zero-order chi connectivity index (χ0) is 15.5. The molecule has 0 amide bonds. The van der Waals surface area contributed by atoms with Gasteiger partial charge in [-0.1, -0.05) is 25.8 Å². The van der Waals surface area contributed by atoms with E-state index in [1.165, 1.54) is 25.3 Å². The monoisotopic (exact) mass is 365 g/mol. The molecule has 2 unspecified atom stereocenters. The lowest BCUT2D eigenvalue weighted by Gasteiger charge is -2.27. The van der Waals surface area contributed by atoms with Crippen LogP contribution in [0.25, 0.3) is 0 Å². The molecule has 6 heteroatoms. The third-order valence-electron chi connectivity index (χ3n) is 3.75. The third-order valence-corrected chi connectivity index (χ3v) is 4.37. The quantitative estimate of drug-likeness (QED) is 0.808. The van der Waals surface area contributed by atoms with E-state index in [1.807, 2.05) is 0 Å². The van der Waals surface area contributed by atoms with E-state index in [4.69, 9.17) is 0 Å². The van der Waals surface area contributed by atoms with Crippen molar-refractivity contribution in [2.75, 3.05) is 0 Å². The maximum absolute atomic E-state index is 12.2. The van der Waals surface area contributed by atoms with Crippen molar-refractivity contribution in [2.45, 2.75) is 51.6 Å². The lowest BCUT2D eigenvalue weighted by molar-refractivity contribution is -0.274. The number of rotatable bonds is 4. The largest absolute Gasteiger partial charge is 0.573 e. The Hall–Kier alpha value is -0.750. The normalized spacial score (nSPS) is 23.1. The Kier molecular flexibility index (Phi) is 5.54. The highest BCUT2D eigenvalue weighted by atomic mass is 79.9. The molecule has 0 saturated heterocycles. The summed E-state index contributed by atoms with van der Waals surface area (Å²) in [5.41, 5.74) is 0.939. The molecule has 0 bridgehead atoms. The molecule has 2 nitrogen and oxygen atoms in total. The van der Waals surface area contributed by atoms with Gasteiger partial charge in [0.1, 0.15) is 5.75 Å². The van der Waals surface area contributed by atoms with Crippen LogP contribution in [-0.4, -0.2) is 12.4 Å². The molecule has 1 aliphatic carbocycles. The zero-order valence-electron chi connectivity index (χ0n) is 11.8. The summed E-state index contributed by atoms with van der Waals surface area (Å²) < 4.78 is 40.8. The van der Waals surface area contributed by atoms with E-state index < -0.39 is 6.36 Å². The number of nitrogens with one attached hydrogen (secondary N) is 1. The minimum Gasteiger partial charge on any atom is -0.405 e. The first-order valence-electron chi connectivity index (χ1n) is 7.11. The summed E-state index contributed by atoms with van der Waals surface area (Å²) in [5, 5.41) is 3.48. The van der Waals surface area contributed by atoms with Crippen molar-refractivity contribution in [3.05, 3.63) is 28.2 Å². The Balaban J connectivity index is 1.91. The van der Waals surface area contributed by atoms with Crippen LogP contribution < -0.4 is 10.1 Å². The SMILES string of the molecule is CC1CCCC(NCc2ccc(OC(F)(F)F)c(Br)c2)C1. The molecule has 118 valence electrons. The van der Waals surface area contributed by atoms with E-state index in [-0.39, 0.29) is 5.75 Å². The Morgan fingerprint density at radius 1 is 1.33 bits per heavy atom. The molecule has 1 saturated carbocycles. The van der Waals surface area contributed by atoms with E-state index in [0.29, 0.717) is 17.1 Å². The van der Waals surface area contributed by atoms with Gasteiger partial charge in [-0.15, -0.1) is 13.2 Å². The second kappa shape index (κ2) is 7.01. The van der Waals surface area contributed by atoms with Crippen LogP contribution >= 0.6 is 15.9 Å². The first-order chi connectivity index (χ1) is 9.83. The molecule has 0 spiro atoms. The zero-order valence-corrected chi connectivity index (χ0v) is 13.4. The molecular weight excluding hydrogens is 347 g/mol. The average Bonchev–Trinajstić information content (AvgIpc) is 2.38. The standard InChI is InChI=1S/C15H19BrF3NO/c1-10-3-2-4-12(7-10)20-9-11-5-6-14(13(16)8-11)21-15(17,18)19/h5-6,8,10,12,20H,2-4,7,9H2,1H3. The molecule has 1 aromatic carbocycles. The van der Waals surface area contributed by atoms with E-state index >= 15 is 0 Å². The van der Waals surface area contributed by atoms with Gasteiger partial charge >= 0.3 is 6.36 Å². The molecule has 0 heterocycles. The lowest BCUT2D eigenvalue weighted by Crippen LogP contribution is -2.33. The highest BCUT2D eigenvalue weighted by Gasteiger charge is 2.31. The van der Waals surface area contributed by atoms with Crippen molar-refractivity contribution in [3.63, 3.8) is 0 Å². The fourth-order valence-electron chi connectivity index (χ4n) is 2.74. The first kappa shape index (κ1) is 16.6. The second-order valence-electron chi connectivity index (χ2n) is 5.66. The van der Waals surface area contributed by atoms with Crippen molar-refractivity contribution in [1.82, 2.24) is 5.32 Å². The Morgan fingerprint density at radius 2 is 2.10 bits per heavy atom. The van der Waals surface area contributed by atoms with Gasteiger partial charge < -0.3 is 10.1 Å². The van der Waals surface area contributed by atoms with Crippen molar-refractivity contribution in [3.8, 4) is 5.75 Å². The Bertz CT molecular complexity index is 478. The Morgan fingerprint density at radius 3 is 2.71 bits per heavy atom. The average molecular weight is 366 g/mol. The second-order valence-corrected chi connectivity index (χ2v) is 6.52. The molecule has 21 heavy (non-hydrogen) atoms. The molecular formula is C15H19BrF3NO.